The molecule has 0 aliphatic heterocycles. The topological polar surface area (TPSA) is 33.1 Å². The standard InChI is InChI=1S/C14H11F4NOS/c1-8(20)13-10(15)3-2-4-11(13)21-12-6-5-9(7-19-12)14(16,17)18/h2-8,20H,1H3. The molecule has 2 nitrogen and oxygen atoms in total. The molecule has 21 heavy (non-hydrogen) atoms. The van der Waals surface area contributed by atoms with Crippen molar-refractivity contribution >= 4 is 11.8 Å². The zero-order chi connectivity index (χ0) is 15.6. The summed E-state index contributed by atoms with van der Waals surface area (Å²) in [4.78, 5) is 4.12. The van der Waals surface area contributed by atoms with Crippen LogP contribution in [0.15, 0.2) is 46.5 Å². The Kier molecular flexibility index (Phi) is 4.53. The first-order valence-corrected chi connectivity index (χ1v) is 6.78. The maximum atomic E-state index is 13.7. The van der Waals surface area contributed by atoms with E-state index in [1.165, 1.54) is 25.1 Å². The summed E-state index contributed by atoms with van der Waals surface area (Å²) in [6.07, 6.45) is -4.74. The molecule has 1 atom stereocenters. The van der Waals surface area contributed by atoms with Crippen molar-refractivity contribution in [2.75, 3.05) is 0 Å². The van der Waals surface area contributed by atoms with E-state index in [2.05, 4.69) is 4.98 Å². The number of rotatable bonds is 3. The first-order valence-electron chi connectivity index (χ1n) is 5.96. The molecule has 0 aliphatic rings. The summed E-state index contributed by atoms with van der Waals surface area (Å²) < 4.78 is 51.0. The highest BCUT2D eigenvalue weighted by Gasteiger charge is 2.30. The van der Waals surface area contributed by atoms with Crippen molar-refractivity contribution in [1.82, 2.24) is 4.98 Å². The van der Waals surface area contributed by atoms with Gasteiger partial charge in [-0.05, 0) is 31.2 Å². The molecule has 0 radical (unpaired) electrons. The Balaban J connectivity index is 2.29. The summed E-state index contributed by atoms with van der Waals surface area (Å²) in [6.45, 7) is 1.42. The van der Waals surface area contributed by atoms with E-state index >= 15 is 0 Å². The van der Waals surface area contributed by atoms with Crippen molar-refractivity contribution in [2.24, 2.45) is 0 Å². The molecule has 1 N–H and O–H groups in total. The number of alkyl halides is 3. The molecule has 1 aromatic carbocycles. The molecule has 7 heteroatoms. The van der Waals surface area contributed by atoms with Gasteiger partial charge >= 0.3 is 6.18 Å². The lowest BCUT2D eigenvalue weighted by atomic mass is 10.1. The van der Waals surface area contributed by atoms with Gasteiger partial charge in [0.05, 0.1) is 11.7 Å². The second kappa shape index (κ2) is 6.03. The SMILES string of the molecule is CC(O)c1c(F)cccc1Sc1ccc(C(F)(F)F)cn1. The predicted molar refractivity (Wildman–Crippen MR) is 70.4 cm³/mol. The first kappa shape index (κ1) is 15.8. The van der Waals surface area contributed by atoms with Crippen LogP contribution < -0.4 is 0 Å². The lowest BCUT2D eigenvalue weighted by Gasteiger charge is -2.12. The molecule has 0 bridgehead atoms. The molecule has 0 amide bonds. The molecule has 0 aliphatic carbocycles. The average molecular weight is 317 g/mol. The minimum absolute atomic E-state index is 0.101. The van der Waals surface area contributed by atoms with Crippen molar-refractivity contribution < 1.29 is 22.7 Å². The van der Waals surface area contributed by atoms with Crippen LogP contribution in [0, 0.1) is 5.82 Å². The van der Waals surface area contributed by atoms with Gasteiger partial charge in [0, 0.05) is 16.7 Å². The fourth-order valence-electron chi connectivity index (χ4n) is 1.73. The fourth-order valence-corrected chi connectivity index (χ4v) is 2.72. The number of hydrogen-bond acceptors (Lipinski definition) is 3. The van der Waals surface area contributed by atoms with Crippen LogP contribution in [-0.2, 0) is 6.18 Å². The molecule has 0 spiro atoms. The Morgan fingerprint density at radius 1 is 1.19 bits per heavy atom. The Labute approximate surface area is 122 Å². The first-order chi connectivity index (χ1) is 9.79. The van der Waals surface area contributed by atoms with Gasteiger partial charge in [0.1, 0.15) is 10.8 Å². The maximum Gasteiger partial charge on any atom is 0.417 e. The summed E-state index contributed by atoms with van der Waals surface area (Å²) >= 11 is 0.998. The molecule has 0 fully saturated rings. The molecule has 112 valence electrons. The van der Waals surface area contributed by atoms with Gasteiger partial charge in [-0.1, -0.05) is 17.8 Å². The average Bonchev–Trinajstić information content (AvgIpc) is 2.38. The van der Waals surface area contributed by atoms with E-state index < -0.39 is 23.7 Å². The maximum absolute atomic E-state index is 13.7. The molecule has 0 saturated carbocycles. The Bertz CT molecular complexity index is 626. The van der Waals surface area contributed by atoms with Gasteiger partial charge in [-0.3, -0.25) is 0 Å². The minimum atomic E-state index is -4.44. The molecule has 2 aromatic rings. The third kappa shape index (κ3) is 3.74. The van der Waals surface area contributed by atoms with Gasteiger partial charge < -0.3 is 5.11 Å². The zero-order valence-electron chi connectivity index (χ0n) is 10.9. The summed E-state index contributed by atoms with van der Waals surface area (Å²) in [5.41, 5.74) is -0.744. The van der Waals surface area contributed by atoms with Crippen LogP contribution in [0.5, 0.6) is 0 Å². The van der Waals surface area contributed by atoms with Gasteiger partial charge in [-0.15, -0.1) is 0 Å². The Hall–Kier alpha value is -1.60. The van der Waals surface area contributed by atoms with E-state index in [4.69, 9.17) is 0 Å². The normalized spacial score (nSPS) is 13.2. The molecule has 0 saturated heterocycles. The van der Waals surface area contributed by atoms with Crippen LogP contribution in [0.4, 0.5) is 17.6 Å². The minimum Gasteiger partial charge on any atom is -0.389 e. The van der Waals surface area contributed by atoms with Gasteiger partial charge in [0.2, 0.25) is 0 Å². The van der Waals surface area contributed by atoms with Gasteiger partial charge in [0.15, 0.2) is 0 Å². The van der Waals surface area contributed by atoms with Crippen molar-refractivity contribution in [3.05, 3.63) is 53.5 Å². The van der Waals surface area contributed by atoms with E-state index in [1.807, 2.05) is 0 Å². The highest BCUT2D eigenvalue weighted by molar-refractivity contribution is 7.99. The number of halogens is 4. The number of aliphatic hydroxyl groups is 1. The van der Waals surface area contributed by atoms with E-state index in [0.29, 0.717) is 4.90 Å². The number of nitrogens with zero attached hydrogens (tertiary/aromatic N) is 1. The van der Waals surface area contributed by atoms with Crippen molar-refractivity contribution in [2.45, 2.75) is 29.1 Å². The van der Waals surface area contributed by atoms with Crippen LogP contribution in [0.3, 0.4) is 0 Å². The predicted octanol–water partition coefficient (Wildman–Crippen LogP) is 4.44. The van der Waals surface area contributed by atoms with E-state index in [1.54, 1.807) is 6.07 Å². The summed E-state index contributed by atoms with van der Waals surface area (Å²) in [6, 6.07) is 6.38. The number of aromatic nitrogens is 1. The monoisotopic (exact) mass is 317 g/mol. The molecular weight excluding hydrogens is 306 g/mol. The van der Waals surface area contributed by atoms with Crippen molar-refractivity contribution in [3.8, 4) is 0 Å². The van der Waals surface area contributed by atoms with E-state index in [-0.39, 0.29) is 10.6 Å². The third-order valence-corrected chi connectivity index (χ3v) is 3.74. The lowest BCUT2D eigenvalue weighted by molar-refractivity contribution is -0.137. The van der Waals surface area contributed by atoms with Gasteiger partial charge in [-0.2, -0.15) is 13.2 Å². The van der Waals surface area contributed by atoms with Gasteiger partial charge in [-0.25, -0.2) is 9.37 Å². The molecule has 2 rings (SSSR count). The number of hydrogen-bond donors (Lipinski definition) is 1. The number of aliphatic hydroxyl groups excluding tert-OH is 1. The molecular formula is C14H11F4NOS. The Morgan fingerprint density at radius 3 is 2.43 bits per heavy atom. The number of pyridine rings is 1. The van der Waals surface area contributed by atoms with Crippen molar-refractivity contribution in [3.63, 3.8) is 0 Å². The summed E-state index contributed by atoms with van der Waals surface area (Å²) in [5, 5.41) is 9.88. The molecule has 1 aromatic heterocycles. The number of benzene rings is 1. The van der Waals surface area contributed by atoms with Gasteiger partial charge in [0.25, 0.3) is 0 Å². The highest BCUT2D eigenvalue weighted by Crippen LogP contribution is 2.35. The summed E-state index contributed by atoms with van der Waals surface area (Å²) in [5.74, 6) is -0.568. The van der Waals surface area contributed by atoms with E-state index in [9.17, 15) is 22.7 Å². The fraction of sp³-hybridized carbons (Fsp3) is 0.214. The van der Waals surface area contributed by atoms with Crippen LogP contribution in [0.2, 0.25) is 0 Å². The largest absolute Gasteiger partial charge is 0.417 e. The second-order valence-electron chi connectivity index (χ2n) is 4.31. The molecule has 1 unspecified atom stereocenters. The second-order valence-corrected chi connectivity index (χ2v) is 5.37. The quantitative estimate of drug-likeness (QED) is 0.849. The third-order valence-electron chi connectivity index (χ3n) is 2.71. The van der Waals surface area contributed by atoms with Crippen LogP contribution >= 0.6 is 11.8 Å². The van der Waals surface area contributed by atoms with Crippen molar-refractivity contribution in [1.29, 1.82) is 0 Å². The van der Waals surface area contributed by atoms with Crippen LogP contribution in [0.25, 0.3) is 0 Å². The molecule has 1 heterocycles. The van der Waals surface area contributed by atoms with Crippen LogP contribution in [0.1, 0.15) is 24.2 Å². The highest BCUT2D eigenvalue weighted by atomic mass is 32.2. The van der Waals surface area contributed by atoms with E-state index in [0.717, 1.165) is 24.0 Å². The smallest absolute Gasteiger partial charge is 0.389 e. The lowest BCUT2D eigenvalue weighted by Crippen LogP contribution is -2.05. The zero-order valence-corrected chi connectivity index (χ0v) is 11.7. The summed E-state index contributed by atoms with van der Waals surface area (Å²) in [7, 11) is 0. The Morgan fingerprint density at radius 2 is 1.90 bits per heavy atom. The van der Waals surface area contributed by atoms with Crippen LogP contribution in [-0.4, -0.2) is 10.1 Å².